The third kappa shape index (κ3) is 5.13. The molecular weight excluding hydrogens is 416 g/mol. The Morgan fingerprint density at radius 3 is 2.21 bits per heavy atom. The number of sulfonamides is 1. The molecule has 7 nitrogen and oxygen atoms in total. The molecule has 158 valence electrons. The number of halogens is 1. The lowest BCUT2D eigenvalue weighted by atomic mass is 10.1. The Hall–Kier alpha value is -2.45. The van der Waals surface area contributed by atoms with Crippen LogP contribution in [0.4, 0.5) is 5.69 Å². The van der Waals surface area contributed by atoms with Gasteiger partial charge < -0.3 is 14.8 Å². The molecular formula is C20H25ClN2O5S. The number of rotatable bonds is 8. The van der Waals surface area contributed by atoms with Crippen LogP contribution in [0.1, 0.15) is 35.8 Å². The van der Waals surface area contributed by atoms with Gasteiger partial charge in [-0.2, -0.15) is 0 Å². The largest absolute Gasteiger partial charge is 0.493 e. The van der Waals surface area contributed by atoms with Crippen LogP contribution in [0.25, 0.3) is 0 Å². The van der Waals surface area contributed by atoms with Crippen LogP contribution in [-0.4, -0.2) is 41.3 Å². The minimum Gasteiger partial charge on any atom is -0.493 e. The van der Waals surface area contributed by atoms with Gasteiger partial charge in [0.25, 0.3) is 5.91 Å². The van der Waals surface area contributed by atoms with Crippen LogP contribution >= 0.6 is 11.6 Å². The van der Waals surface area contributed by atoms with Crippen LogP contribution < -0.4 is 19.1 Å². The van der Waals surface area contributed by atoms with E-state index in [4.69, 9.17) is 21.1 Å². The molecule has 1 atom stereocenters. The molecule has 2 aromatic rings. The normalized spacial score (nSPS) is 12.2. The molecule has 29 heavy (non-hydrogen) atoms. The van der Waals surface area contributed by atoms with E-state index in [2.05, 4.69) is 5.32 Å². The van der Waals surface area contributed by atoms with E-state index in [0.717, 1.165) is 9.87 Å². The first-order chi connectivity index (χ1) is 13.6. The summed E-state index contributed by atoms with van der Waals surface area (Å²) < 4.78 is 36.5. The zero-order valence-electron chi connectivity index (χ0n) is 17.0. The number of hydrogen-bond donors (Lipinski definition) is 1. The highest BCUT2D eigenvalue weighted by molar-refractivity contribution is 7.92. The molecule has 0 saturated carbocycles. The molecule has 1 amide bonds. The third-order valence-corrected chi connectivity index (χ3v) is 6.60. The predicted octanol–water partition coefficient (Wildman–Crippen LogP) is 3.63. The van der Waals surface area contributed by atoms with Gasteiger partial charge in [-0.3, -0.25) is 9.10 Å². The molecule has 0 saturated heterocycles. The maximum atomic E-state index is 13.0. The molecule has 0 aliphatic carbocycles. The summed E-state index contributed by atoms with van der Waals surface area (Å²) in [6, 6.07) is 9.74. The number of amides is 1. The summed E-state index contributed by atoms with van der Waals surface area (Å²) in [7, 11) is 0.697. The summed E-state index contributed by atoms with van der Waals surface area (Å²) >= 11 is 5.92. The van der Waals surface area contributed by atoms with Gasteiger partial charge in [0.05, 0.1) is 37.3 Å². The van der Waals surface area contributed by atoms with Gasteiger partial charge in [-0.1, -0.05) is 23.7 Å². The van der Waals surface area contributed by atoms with Crippen LogP contribution in [0.2, 0.25) is 5.02 Å². The lowest BCUT2D eigenvalue weighted by molar-refractivity contribution is 0.0940. The summed E-state index contributed by atoms with van der Waals surface area (Å²) in [5, 5.41) is 3.48. The highest BCUT2D eigenvalue weighted by Crippen LogP contribution is 2.36. The summed E-state index contributed by atoms with van der Waals surface area (Å²) in [6.45, 7) is 3.36. The fourth-order valence-electron chi connectivity index (χ4n) is 2.76. The van der Waals surface area contributed by atoms with E-state index in [1.54, 1.807) is 12.1 Å². The van der Waals surface area contributed by atoms with Gasteiger partial charge in [0.15, 0.2) is 11.5 Å². The van der Waals surface area contributed by atoms with Crippen LogP contribution in [0.5, 0.6) is 11.5 Å². The molecule has 0 aliphatic rings. The fraction of sp³-hybridized carbons (Fsp3) is 0.350. The molecule has 0 unspecified atom stereocenters. The van der Waals surface area contributed by atoms with Crippen molar-refractivity contribution >= 4 is 33.2 Å². The van der Waals surface area contributed by atoms with Crippen molar-refractivity contribution in [3.05, 3.63) is 52.5 Å². The molecule has 0 radical (unpaired) electrons. The molecule has 2 aromatic carbocycles. The Kier molecular flexibility index (Phi) is 7.37. The van der Waals surface area contributed by atoms with Crippen molar-refractivity contribution in [2.75, 3.05) is 31.3 Å². The lowest BCUT2D eigenvalue weighted by Gasteiger charge is -2.24. The quantitative estimate of drug-likeness (QED) is 0.677. The van der Waals surface area contributed by atoms with Crippen molar-refractivity contribution in [2.24, 2.45) is 0 Å². The monoisotopic (exact) mass is 440 g/mol. The SMILES string of the molecule is CCS(=O)(=O)N(C)c1cc(OC)c(OC)cc1C(=O)N[C@@H](C)c1ccc(Cl)cc1. The van der Waals surface area contributed by atoms with Gasteiger partial charge in [0.2, 0.25) is 10.0 Å². The second-order valence-corrected chi connectivity index (χ2v) is 9.06. The number of hydrogen-bond acceptors (Lipinski definition) is 5. The first-order valence-electron chi connectivity index (χ1n) is 8.93. The van der Waals surface area contributed by atoms with Gasteiger partial charge >= 0.3 is 0 Å². The average molecular weight is 441 g/mol. The number of nitrogens with one attached hydrogen (secondary N) is 1. The van der Waals surface area contributed by atoms with Crippen LogP contribution in [0.3, 0.4) is 0 Å². The van der Waals surface area contributed by atoms with Crippen molar-refractivity contribution in [1.82, 2.24) is 5.32 Å². The second-order valence-electron chi connectivity index (χ2n) is 6.34. The Balaban J connectivity index is 2.48. The topological polar surface area (TPSA) is 84.9 Å². The van der Waals surface area contributed by atoms with E-state index >= 15 is 0 Å². The standard InChI is InChI=1S/C20H25ClN2O5S/c1-6-29(25,26)23(3)17-12-19(28-5)18(27-4)11-16(17)20(24)22-13(2)14-7-9-15(21)10-8-14/h7-13H,6H2,1-5H3,(H,22,24)/t13-/m0/s1. The smallest absolute Gasteiger partial charge is 0.254 e. The summed E-state index contributed by atoms with van der Waals surface area (Å²) in [6.07, 6.45) is 0. The van der Waals surface area contributed by atoms with E-state index in [-0.39, 0.29) is 23.0 Å². The molecule has 0 aromatic heterocycles. The minimum atomic E-state index is -3.59. The highest BCUT2D eigenvalue weighted by Gasteiger charge is 2.25. The number of benzene rings is 2. The highest BCUT2D eigenvalue weighted by atomic mass is 35.5. The molecule has 0 aliphatic heterocycles. The Bertz CT molecular complexity index is 977. The zero-order chi connectivity index (χ0) is 21.8. The number of anilines is 1. The molecule has 0 fully saturated rings. The number of nitrogens with zero attached hydrogens (tertiary/aromatic N) is 1. The summed E-state index contributed by atoms with van der Waals surface area (Å²) in [5.74, 6) is 0.0902. The van der Waals surface area contributed by atoms with Crippen molar-refractivity contribution < 1.29 is 22.7 Å². The summed E-state index contributed by atoms with van der Waals surface area (Å²) in [4.78, 5) is 13.0. The van der Waals surface area contributed by atoms with Crippen molar-refractivity contribution in [1.29, 1.82) is 0 Å². The first kappa shape index (κ1) is 22.8. The third-order valence-electron chi connectivity index (χ3n) is 4.59. The van der Waals surface area contributed by atoms with E-state index < -0.39 is 15.9 Å². The minimum absolute atomic E-state index is 0.111. The summed E-state index contributed by atoms with van der Waals surface area (Å²) in [5.41, 5.74) is 1.22. The fourth-order valence-corrected chi connectivity index (χ4v) is 3.73. The Morgan fingerprint density at radius 2 is 1.69 bits per heavy atom. The van der Waals surface area contributed by atoms with Crippen molar-refractivity contribution in [3.63, 3.8) is 0 Å². The molecule has 0 heterocycles. The number of ether oxygens (including phenoxy) is 2. The van der Waals surface area contributed by atoms with Gasteiger partial charge in [0, 0.05) is 18.1 Å². The predicted molar refractivity (Wildman–Crippen MR) is 115 cm³/mol. The molecule has 0 spiro atoms. The second kappa shape index (κ2) is 9.37. The van der Waals surface area contributed by atoms with E-state index in [1.165, 1.54) is 40.3 Å². The van der Waals surface area contributed by atoms with Gasteiger partial charge in [0.1, 0.15) is 0 Å². The average Bonchev–Trinajstić information content (AvgIpc) is 2.72. The lowest BCUT2D eigenvalue weighted by Crippen LogP contribution is -2.32. The number of methoxy groups -OCH3 is 2. The van der Waals surface area contributed by atoms with Crippen LogP contribution in [-0.2, 0) is 10.0 Å². The molecule has 9 heteroatoms. The molecule has 0 bridgehead atoms. The number of carbonyl (C=O) groups excluding carboxylic acids is 1. The van der Waals surface area contributed by atoms with Crippen molar-refractivity contribution in [2.45, 2.75) is 19.9 Å². The maximum Gasteiger partial charge on any atom is 0.254 e. The Morgan fingerprint density at radius 1 is 1.14 bits per heavy atom. The first-order valence-corrected chi connectivity index (χ1v) is 10.9. The van der Waals surface area contributed by atoms with Gasteiger partial charge in [-0.05, 0) is 37.6 Å². The van der Waals surface area contributed by atoms with E-state index in [0.29, 0.717) is 16.5 Å². The van der Waals surface area contributed by atoms with Crippen LogP contribution in [0, 0.1) is 0 Å². The molecule has 1 N–H and O–H groups in total. The van der Waals surface area contributed by atoms with Crippen LogP contribution in [0.15, 0.2) is 36.4 Å². The zero-order valence-corrected chi connectivity index (χ0v) is 18.6. The van der Waals surface area contributed by atoms with Gasteiger partial charge in [-0.25, -0.2) is 8.42 Å². The van der Waals surface area contributed by atoms with Gasteiger partial charge in [-0.15, -0.1) is 0 Å². The number of carbonyl (C=O) groups is 1. The van der Waals surface area contributed by atoms with Crippen molar-refractivity contribution in [3.8, 4) is 11.5 Å². The van der Waals surface area contributed by atoms with E-state index in [1.807, 2.05) is 19.1 Å². The maximum absolute atomic E-state index is 13.0. The molecule has 2 rings (SSSR count). The van der Waals surface area contributed by atoms with E-state index in [9.17, 15) is 13.2 Å². The Labute approximate surface area is 176 Å².